The van der Waals surface area contributed by atoms with Crippen molar-refractivity contribution in [1.82, 2.24) is 5.32 Å². The largest absolute Gasteiger partial charge is 0.507 e. The maximum absolute atomic E-state index is 13.3. The summed E-state index contributed by atoms with van der Waals surface area (Å²) in [6, 6.07) is 8.74. The molecule has 0 radical (unpaired) electrons. The number of carbonyl (C=O) groups is 1. The van der Waals surface area contributed by atoms with Crippen LogP contribution in [0.1, 0.15) is 181 Å². The number of phenolic OH excluding ortho intramolecular Hbond substituents is 2. The Morgan fingerprint density at radius 1 is 0.596 bits per heavy atom. The molecule has 0 aliphatic rings. The third-order valence-corrected chi connectivity index (χ3v) is 9.58. The van der Waals surface area contributed by atoms with Gasteiger partial charge >= 0.3 is 0 Å². The van der Waals surface area contributed by atoms with Gasteiger partial charge in [0.2, 0.25) is 5.91 Å². The Labute approximate surface area is 289 Å². The molecule has 0 bridgehead atoms. The van der Waals surface area contributed by atoms with Crippen molar-refractivity contribution in [3.8, 4) is 11.5 Å². The molecule has 2 rings (SSSR count). The van der Waals surface area contributed by atoms with E-state index in [0.717, 1.165) is 60.9 Å². The standard InChI is InChI=1S/C43H71NO3/c1-14-15-16-17-18-19-24-44-37(45)29-30(20-22-31-25-33(40(2,3)4)38(46)34(26-31)41(5,6)7)21-23-32-27-35(42(8,9)10)39(47)36(28-32)43(11,12)13/h25-28,30,46-47H,14-24,29H2,1-13H3,(H,44,45). The van der Waals surface area contributed by atoms with E-state index in [1.807, 2.05) is 0 Å². The molecule has 1 amide bonds. The Balaban J connectivity index is 2.34. The van der Waals surface area contributed by atoms with E-state index in [1.54, 1.807) is 0 Å². The number of hydrogen-bond acceptors (Lipinski definition) is 3. The summed E-state index contributed by atoms with van der Waals surface area (Å²) in [5, 5.41) is 25.8. The summed E-state index contributed by atoms with van der Waals surface area (Å²) in [4.78, 5) is 13.3. The van der Waals surface area contributed by atoms with Crippen LogP contribution in [0.2, 0.25) is 0 Å². The average Bonchev–Trinajstić information content (AvgIpc) is 2.92. The van der Waals surface area contributed by atoms with Gasteiger partial charge in [0.1, 0.15) is 11.5 Å². The fourth-order valence-electron chi connectivity index (χ4n) is 6.52. The molecule has 0 unspecified atom stereocenters. The predicted octanol–water partition coefficient (Wildman–Crippen LogP) is 11.3. The lowest BCUT2D eigenvalue weighted by Crippen LogP contribution is -2.27. The molecular weight excluding hydrogens is 578 g/mol. The van der Waals surface area contributed by atoms with Gasteiger partial charge in [0.05, 0.1) is 0 Å². The minimum Gasteiger partial charge on any atom is -0.507 e. The van der Waals surface area contributed by atoms with Crippen molar-refractivity contribution >= 4 is 5.91 Å². The average molecular weight is 650 g/mol. The third kappa shape index (κ3) is 12.8. The Hall–Kier alpha value is -2.49. The maximum atomic E-state index is 13.3. The van der Waals surface area contributed by atoms with E-state index in [4.69, 9.17) is 0 Å². The number of aryl methyl sites for hydroxylation is 2. The zero-order valence-corrected chi connectivity index (χ0v) is 32.7. The maximum Gasteiger partial charge on any atom is 0.220 e. The van der Waals surface area contributed by atoms with Crippen LogP contribution < -0.4 is 5.32 Å². The summed E-state index contributed by atoms with van der Waals surface area (Å²) >= 11 is 0. The minimum absolute atomic E-state index is 0.150. The first kappa shape index (κ1) is 40.7. The monoisotopic (exact) mass is 650 g/mol. The number of carbonyl (C=O) groups excluding carboxylic acids is 1. The molecule has 0 aromatic heterocycles. The summed E-state index contributed by atoms with van der Waals surface area (Å²) in [5.74, 6) is 1.19. The van der Waals surface area contributed by atoms with Gasteiger partial charge < -0.3 is 15.5 Å². The molecule has 0 spiro atoms. The fourth-order valence-corrected chi connectivity index (χ4v) is 6.52. The molecule has 2 aromatic carbocycles. The van der Waals surface area contributed by atoms with E-state index in [1.165, 1.54) is 43.2 Å². The number of benzene rings is 2. The highest BCUT2D eigenvalue weighted by atomic mass is 16.3. The smallest absolute Gasteiger partial charge is 0.220 e. The number of aromatic hydroxyl groups is 2. The molecule has 0 aliphatic heterocycles. The Kier molecular flexibility index (Phi) is 14.5. The van der Waals surface area contributed by atoms with Crippen molar-refractivity contribution in [2.75, 3.05) is 6.54 Å². The highest BCUT2D eigenvalue weighted by Crippen LogP contribution is 2.42. The highest BCUT2D eigenvalue weighted by molar-refractivity contribution is 5.76. The lowest BCUT2D eigenvalue weighted by atomic mass is 9.77. The molecule has 2 aromatic rings. The van der Waals surface area contributed by atoms with Gasteiger partial charge in [0.15, 0.2) is 0 Å². The van der Waals surface area contributed by atoms with Gasteiger partial charge in [0, 0.05) is 13.0 Å². The van der Waals surface area contributed by atoms with Crippen molar-refractivity contribution in [3.63, 3.8) is 0 Å². The van der Waals surface area contributed by atoms with Crippen LogP contribution in [-0.2, 0) is 39.3 Å². The van der Waals surface area contributed by atoms with Gasteiger partial charge in [-0.3, -0.25) is 4.79 Å². The topological polar surface area (TPSA) is 69.6 Å². The molecule has 4 heteroatoms. The SMILES string of the molecule is CCCCCCCCNC(=O)CC(CCc1cc(C(C)(C)C)c(O)c(C(C)(C)C)c1)CCc1cc(C(C)(C)C)c(O)c(C(C)(C)C)c1. The van der Waals surface area contributed by atoms with Crippen LogP contribution in [0.25, 0.3) is 0 Å². The molecule has 266 valence electrons. The second-order valence-electron chi connectivity index (χ2n) is 18.3. The van der Waals surface area contributed by atoms with E-state index in [9.17, 15) is 15.0 Å². The summed E-state index contributed by atoms with van der Waals surface area (Å²) in [6.07, 6.45) is 11.3. The molecule has 47 heavy (non-hydrogen) atoms. The van der Waals surface area contributed by atoms with Gasteiger partial charge in [-0.15, -0.1) is 0 Å². The zero-order chi connectivity index (χ0) is 35.8. The van der Waals surface area contributed by atoms with Crippen LogP contribution >= 0.6 is 0 Å². The molecule has 0 atom stereocenters. The predicted molar refractivity (Wildman–Crippen MR) is 202 cm³/mol. The molecule has 0 aliphatic carbocycles. The number of phenols is 2. The number of unbranched alkanes of at least 4 members (excludes halogenated alkanes) is 5. The van der Waals surface area contributed by atoms with Crippen LogP contribution in [0.3, 0.4) is 0 Å². The quantitative estimate of drug-likeness (QED) is 0.168. The molecular formula is C43H71NO3. The van der Waals surface area contributed by atoms with Crippen molar-refractivity contribution in [2.24, 2.45) is 5.92 Å². The first-order valence-electron chi connectivity index (χ1n) is 18.6. The van der Waals surface area contributed by atoms with E-state index >= 15 is 0 Å². The highest BCUT2D eigenvalue weighted by Gasteiger charge is 2.28. The van der Waals surface area contributed by atoms with Crippen molar-refractivity contribution < 1.29 is 15.0 Å². The zero-order valence-electron chi connectivity index (χ0n) is 32.7. The molecule has 0 fully saturated rings. The van der Waals surface area contributed by atoms with Crippen LogP contribution in [0, 0.1) is 5.92 Å². The van der Waals surface area contributed by atoms with Crippen LogP contribution in [-0.4, -0.2) is 22.7 Å². The minimum atomic E-state index is -0.176. The molecule has 0 saturated carbocycles. The van der Waals surface area contributed by atoms with Crippen molar-refractivity contribution in [3.05, 3.63) is 57.6 Å². The summed E-state index contributed by atoms with van der Waals surface area (Å²) in [7, 11) is 0. The van der Waals surface area contributed by atoms with E-state index in [-0.39, 0.29) is 33.5 Å². The number of hydrogen-bond donors (Lipinski definition) is 3. The molecule has 0 saturated heterocycles. The second kappa shape index (κ2) is 16.8. The lowest BCUT2D eigenvalue weighted by molar-refractivity contribution is -0.122. The Morgan fingerprint density at radius 2 is 0.936 bits per heavy atom. The van der Waals surface area contributed by atoms with E-state index in [2.05, 4.69) is 120 Å². The van der Waals surface area contributed by atoms with Gasteiger partial charge in [0.25, 0.3) is 0 Å². The van der Waals surface area contributed by atoms with E-state index in [0.29, 0.717) is 17.9 Å². The number of amides is 1. The first-order chi connectivity index (χ1) is 21.6. The summed E-state index contributed by atoms with van der Waals surface area (Å²) in [5.41, 5.74) is 5.70. The van der Waals surface area contributed by atoms with Crippen LogP contribution in [0.4, 0.5) is 0 Å². The van der Waals surface area contributed by atoms with E-state index < -0.39 is 0 Å². The van der Waals surface area contributed by atoms with Crippen molar-refractivity contribution in [2.45, 2.75) is 182 Å². The first-order valence-corrected chi connectivity index (χ1v) is 18.6. The lowest BCUT2D eigenvalue weighted by Gasteiger charge is -2.29. The Morgan fingerprint density at radius 3 is 1.28 bits per heavy atom. The van der Waals surface area contributed by atoms with Crippen LogP contribution in [0.5, 0.6) is 11.5 Å². The van der Waals surface area contributed by atoms with Gasteiger partial charge in [-0.05, 0) is 93.1 Å². The van der Waals surface area contributed by atoms with Crippen molar-refractivity contribution in [1.29, 1.82) is 0 Å². The number of rotatable bonds is 15. The van der Waals surface area contributed by atoms with Gasteiger partial charge in [-0.2, -0.15) is 0 Å². The molecule has 3 N–H and O–H groups in total. The Bertz CT molecular complexity index is 1140. The molecule has 4 nitrogen and oxygen atoms in total. The summed E-state index contributed by atoms with van der Waals surface area (Å²) < 4.78 is 0. The normalized spacial score (nSPS) is 13.0. The molecule has 0 heterocycles. The number of nitrogens with one attached hydrogen (secondary N) is 1. The second-order valence-corrected chi connectivity index (χ2v) is 18.3. The summed E-state index contributed by atoms with van der Waals surface area (Å²) in [6.45, 7) is 28.9. The fraction of sp³-hybridized carbons (Fsp3) is 0.698. The van der Waals surface area contributed by atoms with Crippen LogP contribution in [0.15, 0.2) is 24.3 Å². The van der Waals surface area contributed by atoms with Gasteiger partial charge in [-0.25, -0.2) is 0 Å². The van der Waals surface area contributed by atoms with Gasteiger partial charge in [-0.1, -0.05) is 146 Å². The third-order valence-electron chi connectivity index (χ3n) is 9.58.